The number of carbonyl (C=O) groups excluding carboxylic acids is 2. The first-order chi connectivity index (χ1) is 19.1. The molecule has 40 heavy (non-hydrogen) atoms. The van der Waals surface area contributed by atoms with Crippen LogP contribution in [-0.2, 0) is 14.3 Å². The molecule has 2 aliphatic heterocycles. The lowest BCUT2D eigenvalue weighted by molar-refractivity contribution is -0.126. The quantitative estimate of drug-likeness (QED) is 0.393. The van der Waals surface area contributed by atoms with Gasteiger partial charge in [0.1, 0.15) is 11.4 Å². The lowest BCUT2D eigenvalue weighted by atomic mass is 9.98. The molecule has 0 saturated carbocycles. The van der Waals surface area contributed by atoms with Crippen molar-refractivity contribution < 1.29 is 19.1 Å². The van der Waals surface area contributed by atoms with Crippen LogP contribution in [-0.4, -0.2) is 70.9 Å². The Morgan fingerprint density at radius 3 is 2.70 bits per heavy atom. The highest BCUT2D eigenvalue weighted by Crippen LogP contribution is 2.32. The molecule has 1 atom stereocenters. The van der Waals surface area contributed by atoms with Crippen LogP contribution in [0.4, 0.5) is 11.5 Å². The monoisotopic (exact) mass is 568 g/mol. The van der Waals surface area contributed by atoms with Gasteiger partial charge in [-0.05, 0) is 47.0 Å². The van der Waals surface area contributed by atoms with Crippen LogP contribution >= 0.6 is 11.3 Å². The van der Waals surface area contributed by atoms with Gasteiger partial charge >= 0.3 is 5.97 Å². The smallest absolute Gasteiger partial charge is 0.343 e. The second-order valence-electron chi connectivity index (χ2n) is 11.2. The molecule has 2 saturated heterocycles. The molecule has 5 rings (SSSR count). The molecular weight excluding hydrogens is 532 g/mol. The number of fused-ring (bicyclic) bond motifs is 1. The summed E-state index contributed by atoms with van der Waals surface area (Å²) in [5, 5.41) is 9.13. The van der Waals surface area contributed by atoms with Gasteiger partial charge in [-0.3, -0.25) is 14.2 Å². The van der Waals surface area contributed by atoms with E-state index in [1.807, 2.05) is 37.1 Å². The Bertz CT molecular complexity index is 1440. The Hall–Kier alpha value is -3.51. The number of aromatic nitrogens is 3. The Labute approximate surface area is 236 Å². The van der Waals surface area contributed by atoms with Crippen molar-refractivity contribution in [1.82, 2.24) is 19.9 Å². The number of carbonyl (C=O) groups is 2. The minimum Gasteiger partial charge on any atom is -0.462 e. The third kappa shape index (κ3) is 5.97. The summed E-state index contributed by atoms with van der Waals surface area (Å²) in [6.07, 6.45) is 6.38. The summed E-state index contributed by atoms with van der Waals surface area (Å²) < 4.78 is 12.6. The molecule has 0 bridgehead atoms. The molecule has 0 aliphatic carbocycles. The number of nitrogens with one attached hydrogen (secondary N) is 2. The van der Waals surface area contributed by atoms with Gasteiger partial charge in [-0.1, -0.05) is 0 Å². The molecule has 2 N–H and O–H groups in total. The van der Waals surface area contributed by atoms with Gasteiger partial charge in [-0.15, -0.1) is 11.3 Å². The fourth-order valence-corrected chi connectivity index (χ4v) is 5.58. The van der Waals surface area contributed by atoms with E-state index in [0.717, 1.165) is 25.9 Å². The Morgan fingerprint density at radius 1 is 1.25 bits per heavy atom. The number of pyridine rings is 2. The molecule has 0 spiro atoms. The maximum absolute atomic E-state index is 13.7. The van der Waals surface area contributed by atoms with E-state index in [4.69, 9.17) is 14.5 Å². The molecule has 1 unspecified atom stereocenters. The number of esters is 1. The van der Waals surface area contributed by atoms with Gasteiger partial charge in [-0.2, -0.15) is 0 Å². The van der Waals surface area contributed by atoms with Gasteiger partial charge in [0, 0.05) is 55.6 Å². The Balaban J connectivity index is 1.49. The normalized spacial score (nSPS) is 17.9. The first kappa shape index (κ1) is 28.0. The highest BCUT2D eigenvalue weighted by atomic mass is 32.1. The van der Waals surface area contributed by atoms with E-state index in [1.165, 1.54) is 17.5 Å². The average Bonchev–Trinajstić information content (AvgIpc) is 3.41. The number of thiazole rings is 1. The fraction of sp³-hybridized carbons (Fsp3) is 0.536. The van der Waals surface area contributed by atoms with Crippen molar-refractivity contribution in [1.29, 1.82) is 0 Å². The van der Waals surface area contributed by atoms with Crippen LogP contribution in [0.1, 0.15) is 57.3 Å². The lowest BCUT2D eigenvalue weighted by Crippen LogP contribution is -2.55. The zero-order valence-corrected chi connectivity index (χ0v) is 24.2. The highest BCUT2D eigenvalue weighted by Gasteiger charge is 2.35. The number of amides is 1. The van der Waals surface area contributed by atoms with Crippen molar-refractivity contribution in [2.24, 2.45) is 5.92 Å². The third-order valence-corrected chi connectivity index (χ3v) is 7.70. The van der Waals surface area contributed by atoms with E-state index in [2.05, 4.69) is 15.6 Å². The predicted molar refractivity (Wildman–Crippen MR) is 155 cm³/mol. The summed E-state index contributed by atoms with van der Waals surface area (Å²) in [6, 6.07) is 1.82. The molecule has 214 valence electrons. The highest BCUT2D eigenvalue weighted by molar-refractivity contribution is 7.12. The number of hydrogen-bond donors (Lipinski definition) is 2. The molecule has 1 amide bonds. The average molecular weight is 569 g/mol. The lowest BCUT2D eigenvalue weighted by Gasteiger charge is -2.40. The molecule has 2 aliphatic rings. The van der Waals surface area contributed by atoms with Gasteiger partial charge in [0.25, 0.3) is 0 Å². The molecule has 12 heteroatoms. The summed E-state index contributed by atoms with van der Waals surface area (Å²) in [6.45, 7) is 10.1. The van der Waals surface area contributed by atoms with Crippen LogP contribution in [0.3, 0.4) is 0 Å². The van der Waals surface area contributed by atoms with Gasteiger partial charge in [0.05, 0.1) is 29.7 Å². The first-order valence-corrected chi connectivity index (χ1v) is 14.6. The van der Waals surface area contributed by atoms with E-state index in [9.17, 15) is 14.4 Å². The number of hydrogen-bond acceptors (Lipinski definition) is 10. The van der Waals surface area contributed by atoms with Crippen molar-refractivity contribution in [2.75, 3.05) is 43.1 Å². The number of nitrogens with zero attached hydrogens (tertiary/aromatic N) is 4. The number of rotatable bonds is 8. The second kappa shape index (κ2) is 11.5. The molecule has 0 aromatic carbocycles. The molecule has 11 nitrogen and oxygen atoms in total. The Kier molecular flexibility index (Phi) is 8.09. The predicted octanol–water partition coefficient (Wildman–Crippen LogP) is 3.35. The topological polar surface area (TPSA) is 128 Å². The number of anilines is 2. The van der Waals surface area contributed by atoms with Crippen LogP contribution in [0.25, 0.3) is 16.2 Å². The van der Waals surface area contributed by atoms with Crippen molar-refractivity contribution in [2.45, 2.75) is 58.6 Å². The summed E-state index contributed by atoms with van der Waals surface area (Å²) in [5.74, 6) is -0.210. The first-order valence-electron chi connectivity index (χ1n) is 13.7. The van der Waals surface area contributed by atoms with Crippen LogP contribution in [0.2, 0.25) is 0 Å². The van der Waals surface area contributed by atoms with E-state index < -0.39 is 11.4 Å². The molecule has 5 heterocycles. The summed E-state index contributed by atoms with van der Waals surface area (Å²) in [7, 11) is 0. The number of ether oxygens (including phenoxy) is 2. The minimum atomic E-state index is -0.694. The maximum Gasteiger partial charge on any atom is 0.343 e. The maximum atomic E-state index is 13.7. The van der Waals surface area contributed by atoms with E-state index in [1.54, 1.807) is 17.7 Å². The van der Waals surface area contributed by atoms with Crippen molar-refractivity contribution >= 4 is 45.8 Å². The van der Waals surface area contributed by atoms with Gasteiger partial charge in [0.2, 0.25) is 11.3 Å². The van der Waals surface area contributed by atoms with Gasteiger partial charge < -0.3 is 25.0 Å². The van der Waals surface area contributed by atoms with Crippen LogP contribution in [0.5, 0.6) is 0 Å². The molecule has 3 aromatic heterocycles. The second-order valence-corrected chi connectivity index (χ2v) is 12.1. The summed E-state index contributed by atoms with van der Waals surface area (Å²) in [5.41, 5.74) is -0.00452. The van der Waals surface area contributed by atoms with Gasteiger partial charge in [-0.25, -0.2) is 14.8 Å². The molecule has 0 radical (unpaired) electrons. The fourth-order valence-electron chi connectivity index (χ4n) is 4.96. The van der Waals surface area contributed by atoms with Crippen LogP contribution < -0.4 is 21.0 Å². The largest absolute Gasteiger partial charge is 0.462 e. The van der Waals surface area contributed by atoms with Crippen LogP contribution in [0, 0.1) is 5.92 Å². The van der Waals surface area contributed by atoms with Crippen LogP contribution in [0.15, 0.2) is 28.6 Å². The van der Waals surface area contributed by atoms with Crippen molar-refractivity contribution in [3.63, 3.8) is 0 Å². The Morgan fingerprint density at radius 2 is 2.05 bits per heavy atom. The SMILES string of the molecule is CCOC(=O)c1cn(-c2nccs2)c2nc(N3CC(C(=O)NCC4CCCCO4)C3)cc(NC(C)(C)C)c2c1=O. The van der Waals surface area contributed by atoms with E-state index in [0.29, 0.717) is 41.9 Å². The standard InChI is InChI=1S/C28H36N6O5S/c1-5-38-26(37)19-16-34(27-29-9-11-40-27)24-22(23(19)35)20(32-28(2,3)4)12-21(31-24)33-14-17(15-33)25(36)30-13-18-8-6-7-10-39-18/h9,11-12,16-18H,5-8,10,13-15H2,1-4H3,(H,30,36)(H,31,32). The van der Waals surface area contributed by atoms with E-state index in [-0.39, 0.29) is 41.0 Å². The van der Waals surface area contributed by atoms with E-state index >= 15 is 0 Å². The zero-order valence-electron chi connectivity index (χ0n) is 23.4. The summed E-state index contributed by atoms with van der Waals surface area (Å²) in [4.78, 5) is 50.6. The molecule has 2 fully saturated rings. The molecule has 3 aromatic rings. The minimum absolute atomic E-state index is 0.0121. The van der Waals surface area contributed by atoms with Crippen molar-refractivity contribution in [3.05, 3.63) is 39.6 Å². The van der Waals surface area contributed by atoms with Crippen molar-refractivity contribution in [3.8, 4) is 5.13 Å². The summed E-state index contributed by atoms with van der Waals surface area (Å²) >= 11 is 1.37. The third-order valence-electron chi connectivity index (χ3n) is 6.93. The zero-order chi connectivity index (χ0) is 28.4. The molecular formula is C28H36N6O5S. The van der Waals surface area contributed by atoms with Gasteiger partial charge in [0.15, 0.2) is 10.8 Å².